The number of aliphatic hydroxyl groups is 1. The van der Waals surface area contributed by atoms with E-state index in [0.717, 1.165) is 0 Å². The molecular weight excluding hydrogens is 231 g/mol. The third kappa shape index (κ3) is 2.54. The predicted molar refractivity (Wildman–Crippen MR) is 62.1 cm³/mol. The van der Waals surface area contributed by atoms with Gasteiger partial charge in [-0.05, 0) is 31.5 Å². The molecule has 0 aliphatic heterocycles. The molecule has 0 amide bonds. The van der Waals surface area contributed by atoms with Gasteiger partial charge in [-0.2, -0.15) is 0 Å². The van der Waals surface area contributed by atoms with E-state index in [9.17, 15) is 9.50 Å². The topological polar surface area (TPSA) is 29.5 Å². The van der Waals surface area contributed by atoms with E-state index in [4.69, 9.17) is 16.3 Å². The molecule has 0 heterocycles. The molecule has 0 bridgehead atoms. The minimum atomic E-state index is -0.953. The Kier molecular flexibility index (Phi) is 4.30. The van der Waals surface area contributed by atoms with Gasteiger partial charge in [0.05, 0.1) is 5.60 Å². The highest BCUT2D eigenvalue weighted by atomic mass is 35.5. The largest absolute Gasteiger partial charge is 0.385 e. The van der Waals surface area contributed by atoms with Crippen molar-refractivity contribution in [3.63, 3.8) is 0 Å². The highest BCUT2D eigenvalue weighted by Crippen LogP contribution is 2.35. The zero-order valence-electron chi connectivity index (χ0n) is 9.63. The first kappa shape index (κ1) is 13.4. The van der Waals surface area contributed by atoms with Crippen LogP contribution < -0.4 is 0 Å². The first-order valence-corrected chi connectivity index (χ1v) is 5.50. The van der Waals surface area contributed by atoms with Crippen molar-refractivity contribution in [1.82, 2.24) is 0 Å². The number of hydrogen-bond donors (Lipinski definition) is 1. The van der Waals surface area contributed by atoms with Crippen molar-refractivity contribution in [2.75, 3.05) is 7.11 Å². The van der Waals surface area contributed by atoms with Gasteiger partial charge in [0, 0.05) is 17.7 Å². The lowest BCUT2D eigenvalue weighted by molar-refractivity contribution is -0.0944. The second kappa shape index (κ2) is 5.13. The summed E-state index contributed by atoms with van der Waals surface area (Å²) < 4.78 is 18.4. The maximum absolute atomic E-state index is 13.1. The van der Waals surface area contributed by atoms with Gasteiger partial charge in [0.25, 0.3) is 0 Å². The molecular formula is C12H16ClFO2. The first-order valence-electron chi connectivity index (χ1n) is 5.12. The van der Waals surface area contributed by atoms with Crippen molar-refractivity contribution in [3.05, 3.63) is 34.6 Å². The highest BCUT2D eigenvalue weighted by Gasteiger charge is 2.33. The Morgan fingerprint density at radius 1 is 1.56 bits per heavy atom. The van der Waals surface area contributed by atoms with Crippen molar-refractivity contribution >= 4 is 11.6 Å². The molecule has 16 heavy (non-hydrogen) atoms. The minimum absolute atomic E-state index is 0.339. The minimum Gasteiger partial charge on any atom is -0.385 e. The van der Waals surface area contributed by atoms with E-state index >= 15 is 0 Å². The fourth-order valence-corrected chi connectivity index (χ4v) is 1.72. The van der Waals surface area contributed by atoms with E-state index in [1.165, 1.54) is 25.3 Å². The van der Waals surface area contributed by atoms with E-state index in [2.05, 4.69) is 0 Å². The quantitative estimate of drug-likeness (QED) is 0.883. The molecule has 1 aromatic rings. The van der Waals surface area contributed by atoms with Gasteiger partial charge in [0.1, 0.15) is 11.9 Å². The van der Waals surface area contributed by atoms with Crippen LogP contribution in [0.15, 0.2) is 18.2 Å². The summed E-state index contributed by atoms with van der Waals surface area (Å²) in [6.45, 7) is 3.65. The van der Waals surface area contributed by atoms with Crippen molar-refractivity contribution < 1.29 is 14.2 Å². The van der Waals surface area contributed by atoms with Crippen LogP contribution in [0.2, 0.25) is 5.02 Å². The average molecular weight is 247 g/mol. The van der Waals surface area contributed by atoms with E-state index in [0.29, 0.717) is 17.0 Å². The second-order valence-electron chi connectivity index (χ2n) is 3.94. The van der Waals surface area contributed by atoms with Gasteiger partial charge >= 0.3 is 0 Å². The van der Waals surface area contributed by atoms with E-state index < -0.39 is 17.5 Å². The number of rotatable bonds is 4. The molecule has 2 nitrogen and oxygen atoms in total. The Balaban J connectivity index is 3.12. The molecule has 0 fully saturated rings. The molecule has 0 aromatic heterocycles. The van der Waals surface area contributed by atoms with Crippen molar-refractivity contribution in [3.8, 4) is 0 Å². The molecule has 0 aliphatic rings. The summed E-state index contributed by atoms with van der Waals surface area (Å²) in [7, 11) is 1.51. The summed E-state index contributed by atoms with van der Waals surface area (Å²) in [6.07, 6.45) is -0.358. The summed E-state index contributed by atoms with van der Waals surface area (Å²) in [4.78, 5) is 0. The van der Waals surface area contributed by atoms with Gasteiger partial charge in [0.15, 0.2) is 0 Å². The molecule has 1 N–H and O–H groups in total. The first-order chi connectivity index (χ1) is 7.44. The monoisotopic (exact) mass is 246 g/mol. The summed E-state index contributed by atoms with van der Waals surface area (Å²) in [5.41, 5.74) is -0.412. The zero-order chi connectivity index (χ0) is 12.3. The normalized spacial score (nSPS) is 16.9. The van der Waals surface area contributed by atoms with Crippen LogP contribution in [0.5, 0.6) is 0 Å². The second-order valence-corrected chi connectivity index (χ2v) is 4.35. The SMILES string of the molecule is CCC(C)(OC)C(O)c1cc(F)ccc1Cl. The molecule has 2 atom stereocenters. The molecule has 0 radical (unpaired) electrons. The van der Waals surface area contributed by atoms with Crippen LogP contribution in [0, 0.1) is 5.82 Å². The van der Waals surface area contributed by atoms with E-state index in [1.54, 1.807) is 6.92 Å². The van der Waals surface area contributed by atoms with Crippen LogP contribution >= 0.6 is 11.6 Å². The van der Waals surface area contributed by atoms with E-state index in [1.807, 2.05) is 6.92 Å². The lowest BCUT2D eigenvalue weighted by Gasteiger charge is -2.32. The molecule has 90 valence electrons. The smallest absolute Gasteiger partial charge is 0.123 e. The van der Waals surface area contributed by atoms with Gasteiger partial charge in [-0.3, -0.25) is 0 Å². The molecule has 0 saturated carbocycles. The van der Waals surface area contributed by atoms with Gasteiger partial charge in [-0.25, -0.2) is 4.39 Å². The van der Waals surface area contributed by atoms with Gasteiger partial charge in [-0.15, -0.1) is 0 Å². The fourth-order valence-electron chi connectivity index (χ4n) is 1.50. The van der Waals surface area contributed by atoms with Gasteiger partial charge < -0.3 is 9.84 Å². The maximum Gasteiger partial charge on any atom is 0.123 e. The molecule has 2 unspecified atom stereocenters. The number of halogens is 2. The Bertz CT molecular complexity index is 364. The van der Waals surface area contributed by atoms with Crippen LogP contribution in [0.1, 0.15) is 31.9 Å². The van der Waals surface area contributed by atoms with Crippen molar-refractivity contribution in [2.45, 2.75) is 32.0 Å². The molecule has 1 aromatic carbocycles. The standard InChI is InChI=1S/C12H16ClFO2/c1-4-12(2,16-3)11(15)9-7-8(14)5-6-10(9)13/h5-7,11,15H,4H2,1-3H3. The average Bonchev–Trinajstić information content (AvgIpc) is 2.30. The zero-order valence-corrected chi connectivity index (χ0v) is 10.4. The number of aliphatic hydroxyl groups excluding tert-OH is 1. The van der Waals surface area contributed by atoms with Crippen LogP contribution in [-0.2, 0) is 4.74 Å². The third-order valence-corrected chi connectivity index (χ3v) is 3.34. The Morgan fingerprint density at radius 3 is 2.69 bits per heavy atom. The van der Waals surface area contributed by atoms with Gasteiger partial charge in [0.2, 0.25) is 0 Å². The number of benzene rings is 1. The molecule has 0 spiro atoms. The van der Waals surface area contributed by atoms with Crippen LogP contribution in [-0.4, -0.2) is 17.8 Å². The van der Waals surface area contributed by atoms with E-state index in [-0.39, 0.29) is 0 Å². The number of methoxy groups -OCH3 is 1. The van der Waals surface area contributed by atoms with Gasteiger partial charge in [-0.1, -0.05) is 18.5 Å². The maximum atomic E-state index is 13.1. The summed E-state index contributed by atoms with van der Waals surface area (Å²) in [5.74, 6) is -0.423. The van der Waals surface area contributed by atoms with Crippen LogP contribution in [0.3, 0.4) is 0 Å². The fraction of sp³-hybridized carbons (Fsp3) is 0.500. The third-order valence-electron chi connectivity index (χ3n) is 3.00. The molecule has 0 saturated heterocycles. The Hall–Kier alpha value is -0.640. The molecule has 0 aliphatic carbocycles. The predicted octanol–water partition coefficient (Wildman–Crippen LogP) is 3.33. The summed E-state index contributed by atoms with van der Waals surface area (Å²) in [5, 5.41) is 10.5. The summed E-state index contributed by atoms with van der Waals surface area (Å²) >= 11 is 5.93. The molecule has 1 rings (SSSR count). The lowest BCUT2D eigenvalue weighted by Crippen LogP contribution is -2.34. The summed E-state index contributed by atoms with van der Waals surface area (Å²) in [6, 6.07) is 3.93. The van der Waals surface area contributed by atoms with Crippen LogP contribution in [0.25, 0.3) is 0 Å². The highest BCUT2D eigenvalue weighted by molar-refractivity contribution is 6.31. The Morgan fingerprint density at radius 2 is 2.19 bits per heavy atom. The number of hydrogen-bond acceptors (Lipinski definition) is 2. The number of ether oxygens (including phenoxy) is 1. The molecule has 4 heteroatoms. The van der Waals surface area contributed by atoms with Crippen molar-refractivity contribution in [2.24, 2.45) is 0 Å². The van der Waals surface area contributed by atoms with Crippen LogP contribution in [0.4, 0.5) is 4.39 Å². The van der Waals surface area contributed by atoms with Crippen molar-refractivity contribution in [1.29, 1.82) is 0 Å². The Labute approximate surface area is 100.0 Å². The lowest BCUT2D eigenvalue weighted by atomic mass is 9.90.